The van der Waals surface area contributed by atoms with Gasteiger partial charge in [0, 0.05) is 48.5 Å². The summed E-state index contributed by atoms with van der Waals surface area (Å²) < 4.78 is 0. The largest absolute Gasteiger partial charge is 0.322 e. The summed E-state index contributed by atoms with van der Waals surface area (Å²) >= 11 is 5.88. The fraction of sp³-hybridized carbons (Fsp3) is 0.316. The maximum absolute atomic E-state index is 12.5. The highest BCUT2D eigenvalue weighted by Crippen LogP contribution is 2.31. The second kappa shape index (κ2) is 6.55. The van der Waals surface area contributed by atoms with Crippen molar-refractivity contribution in [2.75, 3.05) is 31.5 Å². The zero-order valence-electron chi connectivity index (χ0n) is 13.4. The molecule has 0 radical (unpaired) electrons. The summed E-state index contributed by atoms with van der Waals surface area (Å²) in [6, 6.07) is 13.7. The average Bonchev–Trinajstić information content (AvgIpc) is 2.63. The maximum Gasteiger partial charge on any atom is 0.255 e. The van der Waals surface area contributed by atoms with Crippen molar-refractivity contribution in [1.29, 1.82) is 0 Å². The highest BCUT2D eigenvalue weighted by Gasteiger charge is 2.29. The van der Waals surface area contributed by atoms with Crippen molar-refractivity contribution in [3.05, 3.63) is 64.2 Å². The molecule has 2 aliphatic rings. The monoisotopic (exact) mass is 341 g/mol. The Morgan fingerprint density at radius 1 is 1.17 bits per heavy atom. The van der Waals surface area contributed by atoms with Gasteiger partial charge < -0.3 is 10.6 Å². The molecule has 1 unspecified atom stereocenters. The number of nitrogens with zero attached hydrogens (tertiary/aromatic N) is 1. The Bertz CT molecular complexity index is 760. The van der Waals surface area contributed by atoms with Crippen LogP contribution in [-0.4, -0.2) is 37.0 Å². The number of carbonyl (C=O) groups is 1. The molecule has 1 fully saturated rings. The Kier molecular flexibility index (Phi) is 4.27. The number of nitrogens with one attached hydrogen (secondary N) is 2. The zero-order chi connectivity index (χ0) is 16.5. The molecule has 124 valence electrons. The van der Waals surface area contributed by atoms with Crippen LogP contribution >= 0.6 is 11.6 Å². The Labute approximate surface area is 146 Å². The number of anilines is 1. The SMILES string of the molecule is O=C(Nc1ccc(Cl)cc1)c1ccc2c(c1)CCN1CCNCC21. The molecule has 0 spiro atoms. The van der Waals surface area contributed by atoms with E-state index in [1.165, 1.54) is 11.1 Å². The second-order valence-electron chi connectivity index (χ2n) is 6.38. The molecule has 0 saturated carbocycles. The molecule has 2 heterocycles. The topological polar surface area (TPSA) is 44.4 Å². The first-order chi connectivity index (χ1) is 11.7. The molecule has 24 heavy (non-hydrogen) atoms. The van der Waals surface area contributed by atoms with Crippen LogP contribution in [0.2, 0.25) is 5.02 Å². The Balaban J connectivity index is 1.54. The van der Waals surface area contributed by atoms with Crippen LogP contribution in [0.5, 0.6) is 0 Å². The van der Waals surface area contributed by atoms with Gasteiger partial charge in [0.05, 0.1) is 0 Å². The molecule has 0 aromatic heterocycles. The first kappa shape index (κ1) is 15.6. The van der Waals surface area contributed by atoms with E-state index < -0.39 is 0 Å². The Hall–Kier alpha value is -1.88. The third-order valence-corrected chi connectivity index (χ3v) is 5.14. The number of benzene rings is 2. The van der Waals surface area contributed by atoms with Gasteiger partial charge in [0.25, 0.3) is 5.91 Å². The summed E-state index contributed by atoms with van der Waals surface area (Å²) in [6.07, 6.45) is 1.01. The highest BCUT2D eigenvalue weighted by atomic mass is 35.5. The molecular weight excluding hydrogens is 322 g/mol. The Morgan fingerprint density at radius 2 is 2.00 bits per heavy atom. The van der Waals surface area contributed by atoms with Crippen molar-refractivity contribution >= 4 is 23.2 Å². The standard InChI is InChI=1S/C19H20ClN3O/c20-15-2-4-16(5-3-15)22-19(24)14-1-6-17-13(11-14)7-9-23-10-8-21-12-18(17)23/h1-6,11,18,21H,7-10,12H2,(H,22,24). The molecule has 1 atom stereocenters. The minimum atomic E-state index is -0.0793. The van der Waals surface area contributed by atoms with Gasteiger partial charge in [-0.1, -0.05) is 17.7 Å². The first-order valence-electron chi connectivity index (χ1n) is 8.35. The number of hydrogen-bond acceptors (Lipinski definition) is 3. The van der Waals surface area contributed by atoms with Crippen molar-refractivity contribution in [3.8, 4) is 0 Å². The van der Waals surface area contributed by atoms with Crippen LogP contribution in [-0.2, 0) is 6.42 Å². The molecule has 1 amide bonds. The van der Waals surface area contributed by atoms with Crippen LogP contribution in [0.4, 0.5) is 5.69 Å². The number of amides is 1. The van der Waals surface area contributed by atoms with Gasteiger partial charge >= 0.3 is 0 Å². The fourth-order valence-electron chi connectivity index (χ4n) is 3.61. The van der Waals surface area contributed by atoms with E-state index >= 15 is 0 Å². The van der Waals surface area contributed by atoms with Crippen LogP contribution in [0.1, 0.15) is 27.5 Å². The van der Waals surface area contributed by atoms with Gasteiger partial charge in [0.2, 0.25) is 0 Å². The van der Waals surface area contributed by atoms with E-state index in [0.717, 1.165) is 38.3 Å². The lowest BCUT2D eigenvalue weighted by Gasteiger charge is -2.41. The summed E-state index contributed by atoms with van der Waals surface area (Å²) in [5, 5.41) is 7.06. The van der Waals surface area contributed by atoms with Gasteiger partial charge in [-0.05, 0) is 53.9 Å². The van der Waals surface area contributed by atoms with Crippen molar-refractivity contribution in [2.45, 2.75) is 12.5 Å². The van der Waals surface area contributed by atoms with Gasteiger partial charge in [0.15, 0.2) is 0 Å². The molecule has 0 aliphatic carbocycles. The van der Waals surface area contributed by atoms with Crippen LogP contribution in [0.3, 0.4) is 0 Å². The molecular formula is C19H20ClN3O. The van der Waals surface area contributed by atoms with Gasteiger partial charge in [-0.3, -0.25) is 9.69 Å². The minimum absolute atomic E-state index is 0.0793. The van der Waals surface area contributed by atoms with Crippen LogP contribution in [0.15, 0.2) is 42.5 Å². The molecule has 2 aliphatic heterocycles. The van der Waals surface area contributed by atoms with E-state index in [2.05, 4.69) is 21.6 Å². The second-order valence-corrected chi connectivity index (χ2v) is 6.82. The maximum atomic E-state index is 12.5. The predicted octanol–water partition coefficient (Wildman–Crippen LogP) is 3.09. The summed E-state index contributed by atoms with van der Waals surface area (Å²) in [7, 11) is 0. The van der Waals surface area contributed by atoms with E-state index in [0.29, 0.717) is 16.6 Å². The number of fused-ring (bicyclic) bond motifs is 3. The van der Waals surface area contributed by atoms with Crippen molar-refractivity contribution in [2.24, 2.45) is 0 Å². The molecule has 2 aromatic rings. The minimum Gasteiger partial charge on any atom is -0.322 e. The molecule has 2 N–H and O–H groups in total. The third kappa shape index (κ3) is 3.05. The van der Waals surface area contributed by atoms with E-state index in [1.54, 1.807) is 12.1 Å². The molecule has 4 rings (SSSR count). The van der Waals surface area contributed by atoms with Crippen molar-refractivity contribution in [1.82, 2.24) is 10.2 Å². The van der Waals surface area contributed by atoms with E-state index in [-0.39, 0.29) is 5.91 Å². The molecule has 4 nitrogen and oxygen atoms in total. The zero-order valence-corrected chi connectivity index (χ0v) is 14.1. The summed E-state index contributed by atoms with van der Waals surface area (Å²) in [4.78, 5) is 15.0. The van der Waals surface area contributed by atoms with Gasteiger partial charge in [-0.25, -0.2) is 0 Å². The number of rotatable bonds is 2. The number of hydrogen-bond donors (Lipinski definition) is 2. The average molecular weight is 342 g/mol. The summed E-state index contributed by atoms with van der Waals surface area (Å²) in [5.41, 5.74) is 4.12. The van der Waals surface area contributed by atoms with Gasteiger partial charge in [-0.15, -0.1) is 0 Å². The van der Waals surface area contributed by atoms with E-state index in [1.807, 2.05) is 24.3 Å². The summed E-state index contributed by atoms with van der Waals surface area (Å²) in [5.74, 6) is -0.0793. The first-order valence-corrected chi connectivity index (χ1v) is 8.73. The van der Waals surface area contributed by atoms with E-state index in [4.69, 9.17) is 11.6 Å². The van der Waals surface area contributed by atoms with Crippen LogP contribution < -0.4 is 10.6 Å². The quantitative estimate of drug-likeness (QED) is 0.882. The van der Waals surface area contributed by atoms with Crippen molar-refractivity contribution < 1.29 is 4.79 Å². The van der Waals surface area contributed by atoms with Crippen LogP contribution in [0.25, 0.3) is 0 Å². The lowest BCUT2D eigenvalue weighted by atomic mass is 9.90. The third-order valence-electron chi connectivity index (χ3n) is 4.89. The fourth-order valence-corrected chi connectivity index (χ4v) is 3.74. The van der Waals surface area contributed by atoms with Crippen molar-refractivity contribution in [3.63, 3.8) is 0 Å². The lowest BCUT2D eigenvalue weighted by molar-refractivity contribution is 0.102. The normalized spacial score (nSPS) is 20.1. The van der Waals surface area contributed by atoms with Crippen LogP contribution in [0, 0.1) is 0 Å². The van der Waals surface area contributed by atoms with Gasteiger partial charge in [-0.2, -0.15) is 0 Å². The molecule has 2 aromatic carbocycles. The Morgan fingerprint density at radius 3 is 2.83 bits per heavy atom. The molecule has 0 bridgehead atoms. The van der Waals surface area contributed by atoms with Gasteiger partial charge in [0.1, 0.15) is 0 Å². The lowest BCUT2D eigenvalue weighted by Crippen LogP contribution is -2.48. The van der Waals surface area contributed by atoms with E-state index in [9.17, 15) is 4.79 Å². The predicted molar refractivity (Wildman–Crippen MR) is 96.7 cm³/mol. The molecule has 1 saturated heterocycles. The molecule has 5 heteroatoms. The highest BCUT2D eigenvalue weighted by molar-refractivity contribution is 6.30. The smallest absolute Gasteiger partial charge is 0.255 e. The number of piperazine rings is 1. The number of carbonyl (C=O) groups excluding carboxylic acids is 1. The summed E-state index contributed by atoms with van der Waals surface area (Å²) in [6.45, 7) is 4.22. The number of halogens is 1.